The second-order valence-electron chi connectivity index (χ2n) is 6.59. The molecule has 1 heterocycles. The molecule has 2 aromatic carbocycles. The van der Waals surface area contributed by atoms with Crippen LogP contribution in [0.15, 0.2) is 47.4 Å². The average Bonchev–Trinajstić information content (AvgIpc) is 2.69. The van der Waals surface area contributed by atoms with Crippen LogP contribution in [0.3, 0.4) is 0 Å². The first-order valence-corrected chi connectivity index (χ1v) is 10.3. The molecule has 0 bridgehead atoms. The van der Waals surface area contributed by atoms with E-state index >= 15 is 0 Å². The molecule has 0 spiro atoms. The molecule has 7 heteroatoms. The van der Waals surface area contributed by atoms with Crippen molar-refractivity contribution in [1.29, 1.82) is 5.26 Å². The lowest BCUT2D eigenvalue weighted by molar-refractivity contribution is 0.102. The van der Waals surface area contributed by atoms with Crippen molar-refractivity contribution in [3.63, 3.8) is 0 Å². The number of anilines is 1. The first-order chi connectivity index (χ1) is 12.9. The van der Waals surface area contributed by atoms with Gasteiger partial charge in [0.05, 0.1) is 16.5 Å². The number of aryl methyl sites for hydroxylation is 1. The van der Waals surface area contributed by atoms with Gasteiger partial charge in [0.1, 0.15) is 0 Å². The van der Waals surface area contributed by atoms with E-state index in [2.05, 4.69) is 5.32 Å². The van der Waals surface area contributed by atoms with Crippen LogP contribution >= 0.6 is 0 Å². The Bertz CT molecular complexity index is 1000. The summed E-state index contributed by atoms with van der Waals surface area (Å²) in [5.74, 6) is -0.416. The number of amides is 1. The van der Waals surface area contributed by atoms with E-state index in [4.69, 9.17) is 5.26 Å². The summed E-state index contributed by atoms with van der Waals surface area (Å²) in [6, 6.07) is 13.3. The largest absolute Gasteiger partial charge is 0.322 e. The van der Waals surface area contributed by atoms with Gasteiger partial charge in [-0.25, -0.2) is 8.42 Å². The zero-order chi connectivity index (χ0) is 19.4. The number of rotatable bonds is 4. The summed E-state index contributed by atoms with van der Waals surface area (Å²) in [4.78, 5) is 12.7. The molecule has 1 N–H and O–H groups in total. The number of nitrogens with one attached hydrogen (secondary N) is 1. The van der Waals surface area contributed by atoms with E-state index in [1.165, 1.54) is 10.4 Å². The number of sulfonamides is 1. The molecule has 0 aliphatic carbocycles. The molecule has 2 aromatic rings. The van der Waals surface area contributed by atoms with Crippen LogP contribution in [0.1, 0.15) is 40.7 Å². The second-order valence-corrected chi connectivity index (χ2v) is 8.50. The van der Waals surface area contributed by atoms with Crippen LogP contribution < -0.4 is 5.32 Å². The molecule has 1 saturated heterocycles. The number of piperidine rings is 1. The predicted molar refractivity (Wildman–Crippen MR) is 103 cm³/mol. The number of carbonyl (C=O) groups is 1. The zero-order valence-electron chi connectivity index (χ0n) is 15.1. The molecular formula is C20H21N3O3S. The fraction of sp³-hybridized carbons (Fsp3) is 0.300. The van der Waals surface area contributed by atoms with Crippen molar-refractivity contribution in [3.8, 4) is 6.07 Å². The van der Waals surface area contributed by atoms with E-state index in [9.17, 15) is 13.2 Å². The van der Waals surface area contributed by atoms with Crippen LogP contribution in [0.2, 0.25) is 0 Å². The highest BCUT2D eigenvalue weighted by molar-refractivity contribution is 7.89. The van der Waals surface area contributed by atoms with E-state index < -0.39 is 15.9 Å². The molecule has 0 radical (unpaired) electrons. The first kappa shape index (κ1) is 19.1. The van der Waals surface area contributed by atoms with Gasteiger partial charge in [-0.2, -0.15) is 9.57 Å². The van der Waals surface area contributed by atoms with Crippen molar-refractivity contribution in [2.45, 2.75) is 31.1 Å². The lowest BCUT2D eigenvalue weighted by atomic mass is 10.1. The Morgan fingerprint density at radius 2 is 1.85 bits per heavy atom. The summed E-state index contributed by atoms with van der Waals surface area (Å²) < 4.78 is 27.5. The van der Waals surface area contributed by atoms with Crippen LogP contribution in [0, 0.1) is 18.3 Å². The lowest BCUT2D eigenvalue weighted by Crippen LogP contribution is -2.36. The maximum absolute atomic E-state index is 13.0. The molecule has 3 rings (SSSR count). The number of benzene rings is 2. The van der Waals surface area contributed by atoms with Crippen molar-refractivity contribution in [3.05, 3.63) is 59.2 Å². The molecule has 1 fully saturated rings. The third-order valence-electron chi connectivity index (χ3n) is 4.63. The molecule has 1 aliphatic heterocycles. The van der Waals surface area contributed by atoms with Crippen molar-refractivity contribution in [2.24, 2.45) is 0 Å². The van der Waals surface area contributed by atoms with E-state index in [1.54, 1.807) is 43.3 Å². The van der Waals surface area contributed by atoms with E-state index in [0.29, 0.717) is 29.9 Å². The van der Waals surface area contributed by atoms with Crippen molar-refractivity contribution >= 4 is 21.6 Å². The van der Waals surface area contributed by atoms with Gasteiger partial charge in [-0.05, 0) is 55.7 Å². The summed E-state index contributed by atoms with van der Waals surface area (Å²) in [5.41, 5.74) is 1.80. The monoisotopic (exact) mass is 383 g/mol. The van der Waals surface area contributed by atoms with Gasteiger partial charge in [0.15, 0.2) is 0 Å². The Morgan fingerprint density at radius 3 is 2.56 bits per heavy atom. The van der Waals surface area contributed by atoms with Gasteiger partial charge in [-0.3, -0.25) is 4.79 Å². The predicted octanol–water partition coefficient (Wildman–Crippen LogP) is 3.29. The van der Waals surface area contributed by atoms with Gasteiger partial charge in [0.25, 0.3) is 5.91 Å². The third kappa shape index (κ3) is 4.18. The minimum atomic E-state index is -3.62. The summed E-state index contributed by atoms with van der Waals surface area (Å²) >= 11 is 0. The van der Waals surface area contributed by atoms with Gasteiger partial charge < -0.3 is 5.32 Å². The van der Waals surface area contributed by atoms with Crippen LogP contribution in [0.4, 0.5) is 5.69 Å². The molecular weight excluding hydrogens is 362 g/mol. The molecule has 0 aromatic heterocycles. The highest BCUT2D eigenvalue weighted by Gasteiger charge is 2.28. The Hall–Kier alpha value is -2.69. The molecule has 1 amide bonds. The lowest BCUT2D eigenvalue weighted by Gasteiger charge is -2.26. The fourth-order valence-electron chi connectivity index (χ4n) is 3.13. The highest BCUT2D eigenvalue weighted by atomic mass is 32.2. The van der Waals surface area contributed by atoms with Gasteiger partial charge in [0.2, 0.25) is 10.0 Å². The highest BCUT2D eigenvalue weighted by Crippen LogP contribution is 2.25. The van der Waals surface area contributed by atoms with Crippen molar-refractivity contribution in [1.82, 2.24) is 4.31 Å². The Morgan fingerprint density at radius 1 is 1.11 bits per heavy atom. The quantitative estimate of drug-likeness (QED) is 0.877. The van der Waals surface area contributed by atoms with Crippen LogP contribution in [-0.4, -0.2) is 31.7 Å². The number of hydrogen-bond donors (Lipinski definition) is 1. The molecule has 0 unspecified atom stereocenters. The molecule has 0 saturated carbocycles. The average molecular weight is 383 g/mol. The van der Waals surface area contributed by atoms with E-state index in [0.717, 1.165) is 19.3 Å². The third-order valence-corrected chi connectivity index (χ3v) is 6.67. The molecule has 0 atom stereocenters. The van der Waals surface area contributed by atoms with Gasteiger partial charge in [0, 0.05) is 24.3 Å². The number of nitrogens with zero attached hydrogens (tertiary/aromatic N) is 2. The maximum atomic E-state index is 13.0. The zero-order valence-corrected chi connectivity index (χ0v) is 15.9. The SMILES string of the molecule is Cc1ccc(C(=O)Nc2cccc(C#N)c2)cc1S(=O)(=O)N1CCCCC1. The molecule has 140 valence electrons. The fourth-order valence-corrected chi connectivity index (χ4v) is 4.90. The molecule has 27 heavy (non-hydrogen) atoms. The van der Waals surface area contributed by atoms with Gasteiger partial charge >= 0.3 is 0 Å². The van der Waals surface area contributed by atoms with Crippen LogP contribution in [-0.2, 0) is 10.0 Å². The Balaban J connectivity index is 1.88. The number of hydrogen-bond acceptors (Lipinski definition) is 4. The van der Waals surface area contributed by atoms with E-state index in [1.807, 2.05) is 6.07 Å². The maximum Gasteiger partial charge on any atom is 0.255 e. The summed E-state index contributed by atoms with van der Waals surface area (Å²) in [6.45, 7) is 2.76. The van der Waals surface area contributed by atoms with Crippen molar-refractivity contribution < 1.29 is 13.2 Å². The second kappa shape index (κ2) is 7.91. The normalized spacial score (nSPS) is 15.1. The summed E-state index contributed by atoms with van der Waals surface area (Å²) in [5, 5.41) is 11.7. The Kier molecular flexibility index (Phi) is 5.59. The molecule has 6 nitrogen and oxygen atoms in total. The molecule has 1 aliphatic rings. The Labute approximate surface area is 159 Å². The first-order valence-electron chi connectivity index (χ1n) is 8.84. The minimum absolute atomic E-state index is 0.169. The van der Waals surface area contributed by atoms with E-state index in [-0.39, 0.29) is 10.5 Å². The number of carbonyl (C=O) groups excluding carboxylic acids is 1. The summed E-state index contributed by atoms with van der Waals surface area (Å²) in [7, 11) is -3.62. The van der Waals surface area contributed by atoms with Gasteiger partial charge in [-0.15, -0.1) is 0 Å². The summed E-state index contributed by atoms with van der Waals surface area (Å²) in [6.07, 6.45) is 2.75. The van der Waals surface area contributed by atoms with Crippen molar-refractivity contribution in [2.75, 3.05) is 18.4 Å². The topological polar surface area (TPSA) is 90.3 Å². The minimum Gasteiger partial charge on any atom is -0.322 e. The van der Waals surface area contributed by atoms with Crippen LogP contribution in [0.25, 0.3) is 0 Å². The van der Waals surface area contributed by atoms with Gasteiger partial charge in [-0.1, -0.05) is 18.6 Å². The van der Waals surface area contributed by atoms with Crippen LogP contribution in [0.5, 0.6) is 0 Å². The number of nitriles is 1. The standard InChI is InChI=1S/C20H21N3O3S/c1-15-8-9-17(20(24)22-18-7-5-6-16(12-18)14-21)13-19(15)27(25,26)23-10-3-2-4-11-23/h5-9,12-13H,2-4,10-11H2,1H3,(H,22,24). The smallest absolute Gasteiger partial charge is 0.255 e.